The second kappa shape index (κ2) is 7.16. The highest BCUT2D eigenvalue weighted by Crippen LogP contribution is 2.34. The number of nitrogens with zero attached hydrogens (tertiary/aromatic N) is 5. The van der Waals surface area contributed by atoms with Gasteiger partial charge in [0.05, 0.1) is 21.7 Å². The third kappa shape index (κ3) is 3.54. The van der Waals surface area contributed by atoms with Crippen molar-refractivity contribution in [2.75, 3.05) is 0 Å². The van der Waals surface area contributed by atoms with Crippen molar-refractivity contribution in [2.45, 2.75) is 6.18 Å². The van der Waals surface area contributed by atoms with Gasteiger partial charge >= 0.3 is 12.1 Å². The van der Waals surface area contributed by atoms with Crippen LogP contribution < -0.4 is 0 Å². The largest absolute Gasteiger partial charge is 0.476 e. The van der Waals surface area contributed by atoms with Gasteiger partial charge in [-0.3, -0.25) is 15.1 Å². The normalized spacial score (nSPS) is 11.6. The molecule has 9 nitrogen and oxygen atoms in total. The van der Waals surface area contributed by atoms with Crippen molar-refractivity contribution < 1.29 is 28.0 Å². The van der Waals surface area contributed by atoms with Crippen LogP contribution in [0.4, 0.5) is 18.9 Å². The zero-order chi connectivity index (χ0) is 22.3. The van der Waals surface area contributed by atoms with Gasteiger partial charge in [-0.05, 0) is 30.3 Å². The lowest BCUT2D eigenvalue weighted by atomic mass is 10.1. The molecule has 0 aliphatic carbocycles. The number of hydrogen-bond acceptors (Lipinski definition) is 6. The predicted octanol–water partition coefficient (Wildman–Crippen LogP) is 4.11. The fourth-order valence-electron chi connectivity index (χ4n) is 3.09. The Balaban J connectivity index is 1.94. The summed E-state index contributed by atoms with van der Waals surface area (Å²) in [6.45, 7) is 0. The number of aromatic nitrogens is 4. The average molecular weight is 429 g/mol. The van der Waals surface area contributed by atoms with E-state index < -0.39 is 28.3 Å². The molecular formula is C19H10F3N5O4. The number of pyridine rings is 1. The maximum absolute atomic E-state index is 13.0. The van der Waals surface area contributed by atoms with E-state index in [1.54, 1.807) is 0 Å². The molecule has 0 atom stereocenters. The smallest absolute Gasteiger partial charge is 0.416 e. The summed E-state index contributed by atoms with van der Waals surface area (Å²) < 4.78 is 40.3. The first-order chi connectivity index (χ1) is 14.7. The number of fused-ring (bicyclic) bond motifs is 1. The number of halogens is 3. The van der Waals surface area contributed by atoms with Crippen LogP contribution in [0.5, 0.6) is 0 Å². The lowest BCUT2D eigenvalue weighted by Crippen LogP contribution is -2.06. The zero-order valence-corrected chi connectivity index (χ0v) is 15.2. The van der Waals surface area contributed by atoms with Crippen LogP contribution in [-0.4, -0.2) is 36.0 Å². The standard InChI is InChI=1S/C19H10F3N5O4/c20-19(21,22)11-3-6-13-14(9-11)23-8-7-15(13)26-17(16(18(28)29)24-25-26)10-1-4-12(5-2-10)27(30)31/h1-9H,(H,28,29). The first kappa shape index (κ1) is 19.9. The van der Waals surface area contributed by atoms with Gasteiger partial charge in [0.1, 0.15) is 5.69 Å². The molecule has 1 N–H and O–H groups in total. The van der Waals surface area contributed by atoms with E-state index in [-0.39, 0.29) is 33.5 Å². The number of non-ortho nitro benzene ring substituents is 1. The zero-order valence-electron chi connectivity index (χ0n) is 15.2. The molecule has 4 rings (SSSR count). The van der Waals surface area contributed by atoms with Crippen molar-refractivity contribution in [1.82, 2.24) is 20.0 Å². The van der Waals surface area contributed by atoms with Crippen LogP contribution in [-0.2, 0) is 6.18 Å². The molecule has 12 heteroatoms. The topological polar surface area (TPSA) is 124 Å². The highest BCUT2D eigenvalue weighted by Gasteiger charge is 2.31. The minimum Gasteiger partial charge on any atom is -0.476 e. The summed E-state index contributed by atoms with van der Waals surface area (Å²) in [6.07, 6.45) is -3.29. The van der Waals surface area contributed by atoms with Gasteiger partial charge in [0.25, 0.3) is 5.69 Å². The second-order valence-corrected chi connectivity index (χ2v) is 6.37. The molecule has 2 aromatic heterocycles. The van der Waals surface area contributed by atoms with Crippen LogP contribution in [0.1, 0.15) is 16.1 Å². The summed E-state index contributed by atoms with van der Waals surface area (Å²) >= 11 is 0. The van der Waals surface area contributed by atoms with Crippen LogP contribution in [0.3, 0.4) is 0 Å². The van der Waals surface area contributed by atoms with E-state index in [2.05, 4.69) is 15.3 Å². The SMILES string of the molecule is O=C(O)c1nnn(-c2ccnc3cc(C(F)(F)F)ccc23)c1-c1ccc([N+](=O)[O-])cc1. The summed E-state index contributed by atoms with van der Waals surface area (Å²) in [6, 6.07) is 9.48. The number of carbonyl (C=O) groups is 1. The maximum Gasteiger partial charge on any atom is 0.416 e. The van der Waals surface area contributed by atoms with Crippen molar-refractivity contribution in [3.63, 3.8) is 0 Å². The summed E-state index contributed by atoms with van der Waals surface area (Å²) in [7, 11) is 0. The fraction of sp³-hybridized carbons (Fsp3) is 0.0526. The fourth-order valence-corrected chi connectivity index (χ4v) is 3.09. The molecule has 0 fully saturated rings. The molecule has 2 heterocycles. The van der Waals surface area contributed by atoms with Gasteiger partial charge in [0.15, 0.2) is 5.69 Å². The molecule has 0 aliphatic rings. The van der Waals surface area contributed by atoms with Gasteiger partial charge in [-0.2, -0.15) is 13.2 Å². The highest BCUT2D eigenvalue weighted by atomic mass is 19.4. The Bertz CT molecular complexity index is 1330. The van der Waals surface area contributed by atoms with Crippen LogP contribution >= 0.6 is 0 Å². The summed E-state index contributed by atoms with van der Waals surface area (Å²) in [4.78, 5) is 25.9. The molecular weight excluding hydrogens is 419 g/mol. The van der Waals surface area contributed by atoms with E-state index in [0.717, 1.165) is 16.8 Å². The Kier molecular flexibility index (Phi) is 4.61. The molecule has 0 amide bonds. The number of aromatic carboxylic acids is 1. The van der Waals surface area contributed by atoms with E-state index in [1.165, 1.54) is 42.6 Å². The second-order valence-electron chi connectivity index (χ2n) is 6.37. The van der Waals surface area contributed by atoms with Gasteiger partial charge in [-0.15, -0.1) is 5.10 Å². The third-order valence-electron chi connectivity index (χ3n) is 4.50. The Morgan fingerprint density at radius 2 is 1.81 bits per heavy atom. The number of hydrogen-bond donors (Lipinski definition) is 1. The number of nitro groups is 1. The van der Waals surface area contributed by atoms with Crippen molar-refractivity contribution in [1.29, 1.82) is 0 Å². The molecule has 4 aromatic rings. The molecule has 0 bridgehead atoms. The molecule has 0 saturated heterocycles. The third-order valence-corrected chi connectivity index (χ3v) is 4.50. The molecule has 0 aliphatic heterocycles. The number of carboxylic acids is 1. The first-order valence-corrected chi connectivity index (χ1v) is 8.57. The molecule has 0 saturated carbocycles. The van der Waals surface area contributed by atoms with Crippen LogP contribution in [0.25, 0.3) is 27.8 Å². The molecule has 31 heavy (non-hydrogen) atoms. The lowest BCUT2D eigenvalue weighted by Gasteiger charge is -2.12. The van der Waals surface area contributed by atoms with E-state index in [4.69, 9.17) is 0 Å². The van der Waals surface area contributed by atoms with E-state index >= 15 is 0 Å². The van der Waals surface area contributed by atoms with Gasteiger partial charge in [-0.1, -0.05) is 11.3 Å². The van der Waals surface area contributed by atoms with Crippen LogP contribution in [0, 0.1) is 10.1 Å². The van der Waals surface area contributed by atoms with Crippen LogP contribution in [0.15, 0.2) is 54.7 Å². The summed E-state index contributed by atoms with van der Waals surface area (Å²) in [5, 5.41) is 28.2. The minimum absolute atomic E-state index is 0.00907. The number of benzene rings is 2. The average Bonchev–Trinajstić information content (AvgIpc) is 3.17. The maximum atomic E-state index is 13.0. The Labute approximate surface area is 170 Å². The van der Waals surface area contributed by atoms with Crippen molar-refractivity contribution >= 4 is 22.6 Å². The number of alkyl halides is 3. The Morgan fingerprint density at radius 3 is 2.42 bits per heavy atom. The van der Waals surface area contributed by atoms with E-state index in [1.807, 2.05) is 0 Å². The number of rotatable bonds is 4. The van der Waals surface area contributed by atoms with Gasteiger partial charge < -0.3 is 5.11 Å². The van der Waals surface area contributed by atoms with Crippen LogP contribution in [0.2, 0.25) is 0 Å². The van der Waals surface area contributed by atoms with Gasteiger partial charge in [0.2, 0.25) is 0 Å². The number of nitro benzene ring substituents is 1. The molecule has 0 spiro atoms. The molecule has 0 unspecified atom stereocenters. The van der Waals surface area contributed by atoms with Gasteiger partial charge in [0, 0.05) is 29.3 Å². The van der Waals surface area contributed by atoms with Crippen molar-refractivity contribution in [3.8, 4) is 16.9 Å². The highest BCUT2D eigenvalue weighted by molar-refractivity contribution is 5.94. The summed E-state index contributed by atoms with van der Waals surface area (Å²) in [5.74, 6) is -1.39. The monoisotopic (exact) mass is 429 g/mol. The summed E-state index contributed by atoms with van der Waals surface area (Å²) in [5.41, 5.74) is -0.967. The quantitative estimate of drug-likeness (QED) is 0.382. The molecule has 2 aromatic carbocycles. The number of carboxylic acid groups (broad SMARTS) is 1. The van der Waals surface area contributed by atoms with Crippen molar-refractivity contribution in [3.05, 3.63) is 76.1 Å². The molecule has 156 valence electrons. The molecule has 0 radical (unpaired) electrons. The Hall–Kier alpha value is -4.35. The predicted molar refractivity (Wildman–Crippen MR) is 101 cm³/mol. The van der Waals surface area contributed by atoms with E-state index in [0.29, 0.717) is 0 Å². The Morgan fingerprint density at radius 1 is 1.10 bits per heavy atom. The van der Waals surface area contributed by atoms with Crippen molar-refractivity contribution in [2.24, 2.45) is 0 Å². The minimum atomic E-state index is -4.56. The first-order valence-electron chi connectivity index (χ1n) is 8.57. The lowest BCUT2D eigenvalue weighted by molar-refractivity contribution is -0.384. The van der Waals surface area contributed by atoms with Gasteiger partial charge in [-0.25, -0.2) is 9.48 Å². The van der Waals surface area contributed by atoms with E-state index in [9.17, 15) is 33.2 Å².